The fraction of sp³-hybridized carbons (Fsp3) is 0.333. The van der Waals surface area contributed by atoms with E-state index in [0.29, 0.717) is 10.9 Å². The lowest BCUT2D eigenvalue weighted by atomic mass is 9.97. The molecular formula is C15H16O5. The third-order valence-electron chi connectivity index (χ3n) is 2.85. The molecule has 0 saturated carbocycles. The zero-order chi connectivity index (χ0) is 15.1. The Morgan fingerprint density at radius 3 is 2.50 bits per heavy atom. The number of aryl methyl sites for hydroxylation is 1. The van der Waals surface area contributed by atoms with Crippen molar-refractivity contribution in [3.63, 3.8) is 0 Å². The number of fused-ring (bicyclic) bond motifs is 1. The number of ether oxygens (including phenoxy) is 1. The smallest absolute Gasteiger partial charge is 0.336 e. The number of benzene rings is 1. The van der Waals surface area contributed by atoms with E-state index in [0.717, 1.165) is 0 Å². The summed E-state index contributed by atoms with van der Waals surface area (Å²) in [6.07, 6.45) is 0. The van der Waals surface area contributed by atoms with E-state index in [2.05, 4.69) is 0 Å². The molecule has 2 aromatic rings. The van der Waals surface area contributed by atoms with Crippen molar-refractivity contribution in [3.8, 4) is 11.5 Å². The van der Waals surface area contributed by atoms with Crippen molar-refractivity contribution < 1.29 is 19.1 Å². The van der Waals surface area contributed by atoms with Gasteiger partial charge in [-0.05, 0) is 39.3 Å². The lowest BCUT2D eigenvalue weighted by Crippen LogP contribution is -2.25. The van der Waals surface area contributed by atoms with E-state index in [9.17, 15) is 14.7 Å². The molecule has 0 amide bonds. The molecule has 0 saturated heterocycles. The number of hydrogen-bond acceptors (Lipinski definition) is 5. The van der Waals surface area contributed by atoms with Crippen LogP contribution in [-0.2, 0) is 4.79 Å². The molecule has 0 aliphatic rings. The predicted octanol–water partition coefficient (Wildman–Crippen LogP) is 2.76. The Morgan fingerprint density at radius 1 is 1.25 bits per heavy atom. The van der Waals surface area contributed by atoms with Gasteiger partial charge in [0, 0.05) is 17.5 Å². The second-order valence-electron chi connectivity index (χ2n) is 5.70. The van der Waals surface area contributed by atoms with Crippen LogP contribution in [0.3, 0.4) is 0 Å². The number of aromatic hydroxyl groups is 1. The molecule has 5 heteroatoms. The highest BCUT2D eigenvalue weighted by molar-refractivity contribution is 5.86. The second kappa shape index (κ2) is 4.67. The van der Waals surface area contributed by atoms with Gasteiger partial charge in [0.05, 0.1) is 5.41 Å². The van der Waals surface area contributed by atoms with Crippen LogP contribution in [0.25, 0.3) is 11.0 Å². The summed E-state index contributed by atoms with van der Waals surface area (Å²) in [6, 6.07) is 4.11. The zero-order valence-corrected chi connectivity index (χ0v) is 11.8. The van der Waals surface area contributed by atoms with Crippen LogP contribution in [0.4, 0.5) is 0 Å². The van der Waals surface area contributed by atoms with Gasteiger partial charge >= 0.3 is 11.6 Å². The van der Waals surface area contributed by atoms with E-state index in [1.54, 1.807) is 27.7 Å². The summed E-state index contributed by atoms with van der Waals surface area (Å²) in [7, 11) is 0. The first-order chi connectivity index (χ1) is 9.18. The number of phenols is 1. The maximum absolute atomic E-state index is 11.9. The van der Waals surface area contributed by atoms with Crippen LogP contribution in [0.15, 0.2) is 27.4 Å². The van der Waals surface area contributed by atoms with Crippen molar-refractivity contribution in [3.05, 3.63) is 34.2 Å². The Balaban J connectivity index is 2.53. The Bertz CT molecular complexity index is 734. The average molecular weight is 276 g/mol. The highest BCUT2D eigenvalue weighted by Crippen LogP contribution is 2.33. The minimum Gasteiger partial charge on any atom is -0.504 e. The van der Waals surface area contributed by atoms with Gasteiger partial charge in [-0.1, -0.05) is 0 Å². The summed E-state index contributed by atoms with van der Waals surface area (Å²) < 4.78 is 10.2. The molecule has 1 heterocycles. The lowest BCUT2D eigenvalue weighted by molar-refractivity contribution is -0.143. The van der Waals surface area contributed by atoms with Gasteiger partial charge in [0.2, 0.25) is 0 Å². The van der Waals surface area contributed by atoms with Crippen LogP contribution < -0.4 is 10.4 Å². The third kappa shape index (κ3) is 2.66. The second-order valence-corrected chi connectivity index (χ2v) is 5.70. The van der Waals surface area contributed by atoms with Gasteiger partial charge in [-0.15, -0.1) is 0 Å². The SMILES string of the molecule is Cc1cc(=O)oc2cc(O)c(OC(=O)C(C)(C)C)cc12. The maximum Gasteiger partial charge on any atom is 0.336 e. The standard InChI is InChI=1S/C15H16O5/c1-8-5-13(17)19-11-7-10(16)12(6-9(8)11)20-14(18)15(2,3)4/h5-7,16H,1-4H3. The fourth-order valence-electron chi connectivity index (χ4n) is 1.67. The summed E-state index contributed by atoms with van der Waals surface area (Å²) in [5.41, 5.74) is -0.235. The quantitative estimate of drug-likeness (QED) is 0.492. The molecule has 0 fully saturated rings. The number of rotatable bonds is 1. The number of carbonyl (C=O) groups excluding carboxylic acids is 1. The largest absolute Gasteiger partial charge is 0.504 e. The van der Waals surface area contributed by atoms with Crippen molar-refractivity contribution >= 4 is 16.9 Å². The van der Waals surface area contributed by atoms with Gasteiger partial charge in [0.15, 0.2) is 11.5 Å². The molecule has 1 N–H and O–H groups in total. The average Bonchev–Trinajstić information content (AvgIpc) is 2.29. The minimum absolute atomic E-state index is 0.0503. The van der Waals surface area contributed by atoms with Gasteiger partial charge in [-0.2, -0.15) is 0 Å². The molecule has 0 unspecified atom stereocenters. The van der Waals surface area contributed by atoms with Crippen molar-refractivity contribution in [1.82, 2.24) is 0 Å². The summed E-state index contributed by atoms with van der Waals surface area (Å²) >= 11 is 0. The van der Waals surface area contributed by atoms with E-state index in [4.69, 9.17) is 9.15 Å². The molecule has 106 valence electrons. The molecular weight excluding hydrogens is 260 g/mol. The minimum atomic E-state index is -0.681. The van der Waals surface area contributed by atoms with Crippen LogP contribution in [0.2, 0.25) is 0 Å². The number of phenolic OH excluding ortho intramolecular Hbond substituents is 1. The van der Waals surface area contributed by atoms with E-state index in [1.807, 2.05) is 0 Å². The van der Waals surface area contributed by atoms with Gasteiger partial charge in [-0.3, -0.25) is 4.79 Å². The molecule has 0 radical (unpaired) electrons. The Labute approximate surface area is 115 Å². The first-order valence-corrected chi connectivity index (χ1v) is 6.18. The molecule has 5 nitrogen and oxygen atoms in total. The topological polar surface area (TPSA) is 76.7 Å². The van der Waals surface area contributed by atoms with Crippen molar-refractivity contribution in [2.45, 2.75) is 27.7 Å². The highest BCUT2D eigenvalue weighted by Gasteiger charge is 2.25. The molecule has 0 aliphatic heterocycles. The van der Waals surface area contributed by atoms with Gasteiger partial charge in [0.1, 0.15) is 5.58 Å². The van der Waals surface area contributed by atoms with Crippen LogP contribution >= 0.6 is 0 Å². The van der Waals surface area contributed by atoms with Crippen LogP contribution in [0.5, 0.6) is 11.5 Å². The summed E-state index contributed by atoms with van der Waals surface area (Å²) in [5.74, 6) is -0.652. The first kappa shape index (κ1) is 14.1. The third-order valence-corrected chi connectivity index (χ3v) is 2.85. The Kier molecular flexibility index (Phi) is 3.29. The predicted molar refractivity (Wildman–Crippen MR) is 74.0 cm³/mol. The molecule has 0 aliphatic carbocycles. The van der Waals surface area contributed by atoms with E-state index < -0.39 is 17.0 Å². The maximum atomic E-state index is 11.9. The van der Waals surface area contributed by atoms with Gasteiger partial charge < -0.3 is 14.3 Å². The van der Waals surface area contributed by atoms with Crippen molar-refractivity contribution in [2.75, 3.05) is 0 Å². The highest BCUT2D eigenvalue weighted by atomic mass is 16.5. The molecule has 0 spiro atoms. The van der Waals surface area contributed by atoms with Crippen LogP contribution in [-0.4, -0.2) is 11.1 Å². The van der Waals surface area contributed by atoms with Crippen LogP contribution in [0, 0.1) is 12.3 Å². The summed E-state index contributed by atoms with van der Waals surface area (Å²) in [4.78, 5) is 23.1. The van der Waals surface area contributed by atoms with Crippen molar-refractivity contribution in [2.24, 2.45) is 5.41 Å². The fourth-order valence-corrected chi connectivity index (χ4v) is 1.67. The molecule has 0 atom stereocenters. The lowest BCUT2D eigenvalue weighted by Gasteiger charge is -2.17. The van der Waals surface area contributed by atoms with E-state index in [-0.39, 0.29) is 17.1 Å². The zero-order valence-electron chi connectivity index (χ0n) is 11.8. The van der Waals surface area contributed by atoms with E-state index in [1.165, 1.54) is 18.2 Å². The molecule has 20 heavy (non-hydrogen) atoms. The van der Waals surface area contributed by atoms with E-state index >= 15 is 0 Å². The van der Waals surface area contributed by atoms with Crippen molar-refractivity contribution in [1.29, 1.82) is 0 Å². The van der Waals surface area contributed by atoms with Gasteiger partial charge in [-0.25, -0.2) is 4.79 Å². The number of carbonyl (C=O) groups is 1. The van der Waals surface area contributed by atoms with Gasteiger partial charge in [0.25, 0.3) is 0 Å². The van der Waals surface area contributed by atoms with Crippen LogP contribution in [0.1, 0.15) is 26.3 Å². The Morgan fingerprint density at radius 2 is 1.90 bits per heavy atom. The number of esters is 1. The molecule has 1 aromatic carbocycles. The normalized spacial score (nSPS) is 11.6. The molecule has 2 rings (SSSR count). The molecule has 1 aromatic heterocycles. The first-order valence-electron chi connectivity index (χ1n) is 6.18. The summed E-state index contributed by atoms with van der Waals surface area (Å²) in [5, 5.41) is 10.5. The summed E-state index contributed by atoms with van der Waals surface area (Å²) in [6.45, 7) is 6.90. The monoisotopic (exact) mass is 276 g/mol. The molecule has 0 bridgehead atoms. The Hall–Kier alpha value is -2.30. The number of hydrogen-bond donors (Lipinski definition) is 1.